The van der Waals surface area contributed by atoms with E-state index in [1.807, 2.05) is 20.0 Å². The van der Waals surface area contributed by atoms with Gasteiger partial charge < -0.3 is 10.2 Å². The van der Waals surface area contributed by atoms with Gasteiger partial charge >= 0.3 is 6.18 Å². The molecule has 0 radical (unpaired) electrons. The molecule has 0 saturated carbocycles. The Balaban J connectivity index is 1.62. The van der Waals surface area contributed by atoms with E-state index in [0.29, 0.717) is 17.2 Å². The second-order valence-electron chi connectivity index (χ2n) is 8.62. The summed E-state index contributed by atoms with van der Waals surface area (Å²) in [6, 6.07) is 11.5. The maximum absolute atomic E-state index is 13.9. The summed E-state index contributed by atoms with van der Waals surface area (Å²) in [6.45, 7) is 4.68. The average molecular weight is 432 g/mol. The van der Waals surface area contributed by atoms with E-state index in [1.165, 1.54) is 11.0 Å². The molecule has 166 valence electrons. The van der Waals surface area contributed by atoms with Crippen molar-refractivity contribution in [3.63, 3.8) is 0 Å². The second kappa shape index (κ2) is 8.63. The molecule has 0 aromatic heterocycles. The largest absolute Gasteiger partial charge is 0.416 e. The van der Waals surface area contributed by atoms with Gasteiger partial charge in [0.25, 0.3) is 5.91 Å². The van der Waals surface area contributed by atoms with Crippen LogP contribution in [0, 0.1) is 5.92 Å². The molecule has 2 atom stereocenters. The fourth-order valence-corrected chi connectivity index (χ4v) is 4.54. The smallest absolute Gasteiger partial charge is 0.316 e. The number of amides is 1. The zero-order chi connectivity index (χ0) is 22.2. The molecule has 1 saturated heterocycles. The number of halogens is 3. The van der Waals surface area contributed by atoms with E-state index in [1.54, 1.807) is 30.3 Å². The standard InChI is InChI=1S/C24H28F3N3O/c1-16(29(2)11-9-17-8-10-28-14-17)18-12-20-21(22(13-18)24(25,26)27)15-30(23(20)31)19-6-4-3-5-7-19/h3-7,12-13,16-17,28H,8-11,14-15H2,1-2H3. The summed E-state index contributed by atoms with van der Waals surface area (Å²) in [5.74, 6) is 0.238. The summed E-state index contributed by atoms with van der Waals surface area (Å²) >= 11 is 0. The molecule has 0 aliphatic carbocycles. The average Bonchev–Trinajstić information content (AvgIpc) is 3.39. The van der Waals surface area contributed by atoms with E-state index in [4.69, 9.17) is 0 Å². The number of carbonyl (C=O) groups is 1. The van der Waals surface area contributed by atoms with Crippen molar-refractivity contribution in [3.8, 4) is 0 Å². The van der Waals surface area contributed by atoms with E-state index in [0.717, 1.165) is 32.5 Å². The van der Waals surface area contributed by atoms with Crippen LogP contribution >= 0.6 is 0 Å². The van der Waals surface area contributed by atoms with Crippen LogP contribution in [-0.2, 0) is 12.7 Å². The maximum Gasteiger partial charge on any atom is 0.416 e. The van der Waals surface area contributed by atoms with E-state index in [9.17, 15) is 18.0 Å². The number of hydrogen-bond acceptors (Lipinski definition) is 3. The summed E-state index contributed by atoms with van der Waals surface area (Å²) in [5.41, 5.74) is 0.660. The number of benzene rings is 2. The summed E-state index contributed by atoms with van der Waals surface area (Å²) < 4.78 is 41.8. The van der Waals surface area contributed by atoms with Gasteiger partial charge in [0.15, 0.2) is 0 Å². The SMILES string of the molecule is CC(c1cc2c(c(C(F)(F)F)c1)CN(c1ccccc1)C2=O)N(C)CCC1CCNC1. The Kier molecular flexibility index (Phi) is 6.08. The predicted molar refractivity (Wildman–Crippen MR) is 115 cm³/mol. The quantitative estimate of drug-likeness (QED) is 0.710. The summed E-state index contributed by atoms with van der Waals surface area (Å²) in [6.07, 6.45) is -2.37. The summed E-state index contributed by atoms with van der Waals surface area (Å²) in [4.78, 5) is 16.6. The lowest BCUT2D eigenvalue weighted by Crippen LogP contribution is -2.26. The van der Waals surface area contributed by atoms with Crippen molar-refractivity contribution in [2.45, 2.75) is 38.5 Å². The summed E-state index contributed by atoms with van der Waals surface area (Å²) in [7, 11) is 1.94. The minimum Gasteiger partial charge on any atom is -0.316 e. The Hall–Kier alpha value is -2.38. The molecule has 2 aliphatic rings. The molecule has 7 heteroatoms. The van der Waals surface area contributed by atoms with Gasteiger partial charge in [-0.15, -0.1) is 0 Å². The van der Waals surface area contributed by atoms with Gasteiger partial charge in [0, 0.05) is 17.3 Å². The molecule has 2 aromatic carbocycles. The Morgan fingerprint density at radius 2 is 1.97 bits per heavy atom. The van der Waals surface area contributed by atoms with Gasteiger partial charge in [-0.3, -0.25) is 9.69 Å². The molecule has 1 N–H and O–H groups in total. The normalized spacial score (nSPS) is 19.9. The number of fused-ring (bicyclic) bond motifs is 1. The third-order valence-corrected chi connectivity index (χ3v) is 6.63. The number of hydrogen-bond donors (Lipinski definition) is 1. The topological polar surface area (TPSA) is 35.6 Å². The number of alkyl halides is 3. The lowest BCUT2D eigenvalue weighted by atomic mass is 9.95. The molecule has 2 aliphatic heterocycles. The van der Waals surface area contributed by atoms with Crippen molar-refractivity contribution in [2.24, 2.45) is 5.92 Å². The highest BCUT2D eigenvalue weighted by molar-refractivity contribution is 6.10. The molecule has 2 aromatic rings. The Morgan fingerprint density at radius 1 is 1.23 bits per heavy atom. The molecule has 2 heterocycles. The van der Waals surface area contributed by atoms with Crippen molar-refractivity contribution in [1.29, 1.82) is 0 Å². The highest BCUT2D eigenvalue weighted by atomic mass is 19.4. The molecule has 0 spiro atoms. The van der Waals surface area contributed by atoms with Crippen LogP contribution < -0.4 is 10.2 Å². The van der Waals surface area contributed by atoms with Crippen molar-refractivity contribution < 1.29 is 18.0 Å². The molecule has 4 nitrogen and oxygen atoms in total. The molecule has 0 bridgehead atoms. The first kappa shape index (κ1) is 21.8. The minimum atomic E-state index is -4.51. The highest BCUT2D eigenvalue weighted by Gasteiger charge is 2.41. The molecular formula is C24H28F3N3O. The van der Waals surface area contributed by atoms with Crippen LogP contribution in [0.25, 0.3) is 0 Å². The number of nitrogens with zero attached hydrogens (tertiary/aromatic N) is 2. The first-order chi connectivity index (χ1) is 14.8. The molecule has 2 unspecified atom stereocenters. The monoisotopic (exact) mass is 431 g/mol. The molecule has 4 rings (SSSR count). The molecular weight excluding hydrogens is 403 g/mol. The number of nitrogens with one attached hydrogen (secondary N) is 1. The van der Waals surface area contributed by atoms with Crippen LogP contribution in [0.4, 0.5) is 18.9 Å². The lowest BCUT2D eigenvalue weighted by molar-refractivity contribution is -0.138. The third kappa shape index (κ3) is 4.48. The number of para-hydroxylation sites is 1. The molecule has 1 fully saturated rings. The lowest BCUT2D eigenvalue weighted by Gasteiger charge is -2.27. The van der Waals surface area contributed by atoms with E-state index >= 15 is 0 Å². The fraction of sp³-hybridized carbons (Fsp3) is 0.458. The predicted octanol–water partition coefficient (Wildman–Crippen LogP) is 4.86. The Bertz CT molecular complexity index is 939. The van der Waals surface area contributed by atoms with Gasteiger partial charge in [-0.2, -0.15) is 13.2 Å². The molecule has 31 heavy (non-hydrogen) atoms. The van der Waals surface area contributed by atoms with Crippen LogP contribution in [0.2, 0.25) is 0 Å². The van der Waals surface area contributed by atoms with Gasteiger partial charge in [-0.25, -0.2) is 0 Å². The Labute approximate surface area is 181 Å². The zero-order valence-corrected chi connectivity index (χ0v) is 17.9. The molecule has 1 amide bonds. The van der Waals surface area contributed by atoms with Crippen molar-refractivity contribution in [2.75, 3.05) is 31.6 Å². The summed E-state index contributed by atoms with van der Waals surface area (Å²) in [5, 5.41) is 3.35. The minimum absolute atomic E-state index is 0.0633. The first-order valence-corrected chi connectivity index (χ1v) is 10.8. The van der Waals surface area contributed by atoms with Crippen molar-refractivity contribution >= 4 is 11.6 Å². The number of anilines is 1. The van der Waals surface area contributed by atoms with E-state index < -0.39 is 11.7 Å². The second-order valence-corrected chi connectivity index (χ2v) is 8.62. The number of rotatable bonds is 6. The van der Waals surface area contributed by atoms with Crippen LogP contribution in [0.3, 0.4) is 0 Å². The van der Waals surface area contributed by atoms with Crippen LogP contribution in [0.15, 0.2) is 42.5 Å². The van der Waals surface area contributed by atoms with Gasteiger partial charge in [-0.05, 0) is 87.8 Å². The van der Waals surface area contributed by atoms with Gasteiger partial charge in [0.05, 0.1) is 12.1 Å². The van der Waals surface area contributed by atoms with Crippen molar-refractivity contribution in [3.05, 3.63) is 64.7 Å². The highest BCUT2D eigenvalue weighted by Crippen LogP contribution is 2.40. The van der Waals surface area contributed by atoms with E-state index in [-0.39, 0.29) is 29.6 Å². The van der Waals surface area contributed by atoms with Crippen LogP contribution in [0.5, 0.6) is 0 Å². The third-order valence-electron chi connectivity index (χ3n) is 6.63. The fourth-order valence-electron chi connectivity index (χ4n) is 4.54. The van der Waals surface area contributed by atoms with Gasteiger partial charge in [-0.1, -0.05) is 18.2 Å². The van der Waals surface area contributed by atoms with Gasteiger partial charge in [0.2, 0.25) is 0 Å². The van der Waals surface area contributed by atoms with Gasteiger partial charge in [0.1, 0.15) is 0 Å². The maximum atomic E-state index is 13.9. The first-order valence-electron chi connectivity index (χ1n) is 10.8. The van der Waals surface area contributed by atoms with Crippen LogP contribution in [-0.4, -0.2) is 37.5 Å². The van der Waals surface area contributed by atoms with E-state index in [2.05, 4.69) is 10.2 Å². The zero-order valence-electron chi connectivity index (χ0n) is 17.9. The van der Waals surface area contributed by atoms with Crippen LogP contribution in [0.1, 0.15) is 52.9 Å². The Morgan fingerprint density at radius 3 is 2.61 bits per heavy atom. The van der Waals surface area contributed by atoms with Crippen molar-refractivity contribution in [1.82, 2.24) is 10.2 Å². The number of carbonyl (C=O) groups excluding carboxylic acids is 1.